The minimum absolute atomic E-state index is 0.0182. The maximum atomic E-state index is 5.62. The zero-order valence-corrected chi connectivity index (χ0v) is 8.54. The summed E-state index contributed by atoms with van der Waals surface area (Å²) in [6.45, 7) is 3.86. The minimum Gasteiger partial charge on any atom is -0.353 e. The number of ether oxygens (including phenoxy) is 2. The summed E-state index contributed by atoms with van der Waals surface area (Å²) in [5.41, 5.74) is 0. The van der Waals surface area contributed by atoms with Gasteiger partial charge >= 0.3 is 0 Å². The molecule has 1 saturated heterocycles. The fourth-order valence-corrected chi connectivity index (χ4v) is 1.49. The van der Waals surface area contributed by atoms with E-state index in [-0.39, 0.29) is 6.29 Å². The first kappa shape index (κ1) is 9.96. The molecule has 0 saturated carbocycles. The van der Waals surface area contributed by atoms with Gasteiger partial charge < -0.3 is 14.0 Å². The molecule has 0 radical (unpaired) electrons. The van der Waals surface area contributed by atoms with E-state index in [9.17, 15) is 0 Å². The summed E-state index contributed by atoms with van der Waals surface area (Å²) >= 11 is 0. The van der Waals surface area contributed by atoms with Gasteiger partial charge in [0.05, 0.1) is 27.7 Å². The van der Waals surface area contributed by atoms with Crippen LogP contribution in [0.2, 0.25) is 0 Å². The minimum atomic E-state index is -0.0182. The van der Waals surface area contributed by atoms with Crippen molar-refractivity contribution in [2.45, 2.75) is 25.7 Å². The highest BCUT2D eigenvalue weighted by Gasteiger charge is 2.24. The van der Waals surface area contributed by atoms with E-state index < -0.39 is 0 Å². The second-order valence-corrected chi connectivity index (χ2v) is 4.46. The van der Waals surface area contributed by atoms with Crippen LogP contribution >= 0.6 is 0 Å². The Bertz CT molecular complexity index is 142. The highest BCUT2D eigenvalue weighted by atomic mass is 16.7. The van der Waals surface area contributed by atoms with Gasteiger partial charge in [0, 0.05) is 6.42 Å². The van der Waals surface area contributed by atoms with Crippen LogP contribution in [0.4, 0.5) is 0 Å². The molecule has 0 N–H and O–H groups in total. The van der Waals surface area contributed by atoms with Crippen molar-refractivity contribution in [2.75, 3.05) is 34.3 Å². The van der Waals surface area contributed by atoms with Gasteiger partial charge in [0.1, 0.15) is 12.6 Å². The Kier molecular flexibility index (Phi) is 3.09. The van der Waals surface area contributed by atoms with E-state index in [2.05, 4.69) is 21.1 Å². The highest BCUT2D eigenvalue weighted by molar-refractivity contribution is 4.61. The van der Waals surface area contributed by atoms with E-state index in [0.29, 0.717) is 6.10 Å². The summed E-state index contributed by atoms with van der Waals surface area (Å²) in [5.74, 6) is 0. The molecular weight excluding hydrogens is 154 g/mol. The van der Waals surface area contributed by atoms with Crippen molar-refractivity contribution >= 4 is 0 Å². The first-order valence-electron chi connectivity index (χ1n) is 4.55. The van der Waals surface area contributed by atoms with Crippen molar-refractivity contribution in [3.05, 3.63) is 0 Å². The fourth-order valence-electron chi connectivity index (χ4n) is 1.49. The number of likely N-dealkylation sites (N-methyl/N-ethyl adjacent to an activating group) is 1. The Morgan fingerprint density at radius 3 is 2.50 bits per heavy atom. The third-order valence-corrected chi connectivity index (χ3v) is 1.93. The highest BCUT2D eigenvalue weighted by Crippen LogP contribution is 2.13. The van der Waals surface area contributed by atoms with Crippen LogP contribution in [0.3, 0.4) is 0 Å². The molecule has 2 atom stereocenters. The smallest absolute Gasteiger partial charge is 0.155 e. The molecule has 1 rings (SSSR count). The van der Waals surface area contributed by atoms with E-state index in [4.69, 9.17) is 9.47 Å². The molecule has 0 aromatic carbocycles. The predicted molar refractivity (Wildman–Crippen MR) is 47.8 cm³/mol. The maximum absolute atomic E-state index is 5.62. The van der Waals surface area contributed by atoms with Gasteiger partial charge in [-0.15, -0.1) is 0 Å². The van der Waals surface area contributed by atoms with Gasteiger partial charge in [-0.3, -0.25) is 0 Å². The first-order chi connectivity index (χ1) is 5.47. The van der Waals surface area contributed by atoms with Crippen molar-refractivity contribution in [1.82, 2.24) is 0 Å². The number of hydrogen-bond acceptors (Lipinski definition) is 2. The fraction of sp³-hybridized carbons (Fsp3) is 1.00. The maximum Gasteiger partial charge on any atom is 0.155 e. The molecule has 1 fully saturated rings. The third kappa shape index (κ3) is 3.52. The molecular formula is C9H20NO2+. The average Bonchev–Trinajstić information content (AvgIpc) is 1.82. The molecule has 1 aliphatic rings. The van der Waals surface area contributed by atoms with Gasteiger partial charge in [-0.2, -0.15) is 0 Å². The van der Waals surface area contributed by atoms with Crippen LogP contribution in [0, 0.1) is 0 Å². The molecule has 0 spiro atoms. The van der Waals surface area contributed by atoms with E-state index in [1.54, 1.807) is 0 Å². The van der Waals surface area contributed by atoms with E-state index >= 15 is 0 Å². The number of nitrogens with zero attached hydrogens (tertiary/aromatic N) is 1. The zero-order valence-electron chi connectivity index (χ0n) is 8.54. The summed E-state index contributed by atoms with van der Waals surface area (Å²) in [7, 11) is 6.55. The zero-order chi connectivity index (χ0) is 9.19. The van der Waals surface area contributed by atoms with Crippen LogP contribution in [-0.2, 0) is 9.47 Å². The van der Waals surface area contributed by atoms with Crippen LogP contribution < -0.4 is 0 Å². The molecule has 0 aliphatic carbocycles. The topological polar surface area (TPSA) is 18.5 Å². The number of rotatable bonds is 2. The molecule has 0 aromatic heterocycles. The van der Waals surface area contributed by atoms with Crippen LogP contribution in [0.25, 0.3) is 0 Å². The van der Waals surface area contributed by atoms with Crippen LogP contribution in [0.1, 0.15) is 13.3 Å². The van der Waals surface area contributed by atoms with Gasteiger partial charge in [0.15, 0.2) is 6.29 Å². The standard InChI is InChI=1S/C9H20NO2/c1-8-11-6-5-9(12-8)7-10(2,3)4/h8-9H,5-7H2,1-4H3/q+1/t8-,9-/m0/s1. The number of hydrogen-bond donors (Lipinski definition) is 0. The molecule has 0 unspecified atom stereocenters. The van der Waals surface area contributed by atoms with Gasteiger partial charge in [-0.05, 0) is 6.92 Å². The van der Waals surface area contributed by atoms with Crippen molar-refractivity contribution in [1.29, 1.82) is 0 Å². The van der Waals surface area contributed by atoms with E-state index in [1.807, 2.05) is 6.92 Å². The largest absolute Gasteiger partial charge is 0.353 e. The average molecular weight is 174 g/mol. The lowest BCUT2D eigenvalue weighted by atomic mass is 10.2. The van der Waals surface area contributed by atoms with E-state index in [1.165, 1.54) is 0 Å². The Morgan fingerprint density at radius 2 is 2.00 bits per heavy atom. The SMILES string of the molecule is C[C@H]1OCC[C@@H](C[N+](C)(C)C)O1. The molecule has 3 nitrogen and oxygen atoms in total. The van der Waals surface area contributed by atoms with Gasteiger partial charge in [-0.25, -0.2) is 0 Å². The number of quaternary nitrogens is 1. The van der Waals surface area contributed by atoms with Gasteiger partial charge in [0.2, 0.25) is 0 Å². The van der Waals surface area contributed by atoms with Crippen molar-refractivity contribution in [2.24, 2.45) is 0 Å². The Balaban J connectivity index is 2.32. The molecule has 0 bridgehead atoms. The summed E-state index contributed by atoms with van der Waals surface area (Å²) in [6, 6.07) is 0. The molecule has 12 heavy (non-hydrogen) atoms. The van der Waals surface area contributed by atoms with Crippen molar-refractivity contribution in [3.63, 3.8) is 0 Å². The van der Waals surface area contributed by atoms with E-state index in [0.717, 1.165) is 24.1 Å². The van der Waals surface area contributed by atoms with Gasteiger partial charge in [0.25, 0.3) is 0 Å². The molecule has 1 aliphatic heterocycles. The normalized spacial score (nSPS) is 32.0. The molecule has 72 valence electrons. The van der Waals surface area contributed by atoms with Crippen molar-refractivity contribution < 1.29 is 14.0 Å². The summed E-state index contributed by atoms with van der Waals surface area (Å²) in [4.78, 5) is 0. The van der Waals surface area contributed by atoms with Crippen molar-refractivity contribution in [3.8, 4) is 0 Å². The lowest BCUT2D eigenvalue weighted by Gasteiger charge is -2.33. The molecule has 3 heteroatoms. The lowest BCUT2D eigenvalue weighted by molar-refractivity contribution is -0.874. The molecule has 0 amide bonds. The van der Waals surface area contributed by atoms with Crippen LogP contribution in [0.15, 0.2) is 0 Å². The quantitative estimate of drug-likeness (QED) is 0.578. The second kappa shape index (κ2) is 3.73. The first-order valence-corrected chi connectivity index (χ1v) is 4.55. The molecule has 1 heterocycles. The summed E-state index contributed by atoms with van der Waals surface area (Å²) in [5, 5.41) is 0. The third-order valence-electron chi connectivity index (χ3n) is 1.93. The second-order valence-electron chi connectivity index (χ2n) is 4.46. The predicted octanol–water partition coefficient (Wildman–Crippen LogP) is 0.844. The van der Waals surface area contributed by atoms with Gasteiger partial charge in [-0.1, -0.05) is 0 Å². The molecule has 0 aromatic rings. The Labute approximate surface area is 74.8 Å². The summed E-state index contributed by atoms with van der Waals surface area (Å²) < 4.78 is 11.9. The van der Waals surface area contributed by atoms with Crippen LogP contribution in [0.5, 0.6) is 0 Å². The Morgan fingerprint density at radius 1 is 1.33 bits per heavy atom. The Hall–Kier alpha value is -0.120. The monoisotopic (exact) mass is 174 g/mol. The van der Waals surface area contributed by atoms with Crippen LogP contribution in [-0.4, -0.2) is 51.2 Å². The lowest BCUT2D eigenvalue weighted by Crippen LogP contribution is -2.45. The summed E-state index contributed by atoms with van der Waals surface area (Å²) in [6.07, 6.45) is 1.38.